The molecule has 0 spiro atoms. The number of hydrogen-bond acceptors (Lipinski definition) is 4. The van der Waals surface area contributed by atoms with Crippen LogP contribution in [0.3, 0.4) is 0 Å². The van der Waals surface area contributed by atoms with E-state index in [4.69, 9.17) is 0 Å². The van der Waals surface area contributed by atoms with Crippen molar-refractivity contribution in [3.8, 4) is 0 Å². The molecule has 2 aromatic carbocycles. The van der Waals surface area contributed by atoms with Crippen LogP contribution >= 0.6 is 0 Å². The smallest absolute Gasteiger partial charge is 0.243 e. The summed E-state index contributed by atoms with van der Waals surface area (Å²) < 4.78 is 52.7. The first kappa shape index (κ1) is 19.4. The zero-order valence-corrected chi connectivity index (χ0v) is 15.3. The van der Waals surface area contributed by atoms with Crippen LogP contribution < -0.4 is 5.32 Å². The molecule has 0 bridgehead atoms. The van der Waals surface area contributed by atoms with E-state index in [1.807, 2.05) is 4.90 Å². The topological polar surface area (TPSA) is 69.7 Å². The molecule has 1 amide bonds. The Kier molecular flexibility index (Phi) is 5.83. The molecule has 1 fully saturated rings. The zero-order valence-electron chi connectivity index (χ0n) is 14.4. The minimum absolute atomic E-state index is 0.0399. The summed E-state index contributed by atoms with van der Waals surface area (Å²) in [6, 6.07) is 11.3. The summed E-state index contributed by atoms with van der Waals surface area (Å²) in [6.07, 6.45) is 0. The standard InChI is InChI=1S/C18H19F2N3O3S/c19-16-7-6-14(12-17(16)20)21-18(24)13-22-8-10-23(11-9-22)27(25,26)15-4-2-1-3-5-15/h1-7,12H,8-11,13H2,(H,21,24). The number of benzene rings is 2. The number of rotatable bonds is 5. The van der Waals surface area contributed by atoms with Crippen LogP contribution in [0.2, 0.25) is 0 Å². The fourth-order valence-corrected chi connectivity index (χ4v) is 4.29. The maximum Gasteiger partial charge on any atom is 0.243 e. The van der Waals surface area contributed by atoms with Gasteiger partial charge in [-0.25, -0.2) is 17.2 Å². The first-order valence-electron chi connectivity index (χ1n) is 8.39. The lowest BCUT2D eigenvalue weighted by Crippen LogP contribution is -2.50. The van der Waals surface area contributed by atoms with Crippen molar-refractivity contribution in [3.63, 3.8) is 0 Å². The van der Waals surface area contributed by atoms with Crippen molar-refractivity contribution in [3.05, 3.63) is 60.2 Å². The maximum atomic E-state index is 13.2. The van der Waals surface area contributed by atoms with Gasteiger partial charge in [-0.2, -0.15) is 4.31 Å². The highest BCUT2D eigenvalue weighted by molar-refractivity contribution is 7.89. The van der Waals surface area contributed by atoms with Crippen LogP contribution in [-0.4, -0.2) is 56.3 Å². The van der Waals surface area contributed by atoms with Gasteiger partial charge in [-0.05, 0) is 24.3 Å². The van der Waals surface area contributed by atoms with E-state index < -0.39 is 21.7 Å². The van der Waals surface area contributed by atoms with Crippen LogP contribution in [0.15, 0.2) is 53.4 Å². The fraction of sp³-hybridized carbons (Fsp3) is 0.278. The van der Waals surface area contributed by atoms with E-state index in [2.05, 4.69) is 5.32 Å². The Hall–Kier alpha value is -2.36. The van der Waals surface area contributed by atoms with Crippen LogP contribution in [0.25, 0.3) is 0 Å². The highest BCUT2D eigenvalue weighted by Gasteiger charge is 2.28. The third kappa shape index (κ3) is 4.68. The van der Waals surface area contributed by atoms with E-state index in [0.717, 1.165) is 12.1 Å². The van der Waals surface area contributed by atoms with Crippen LogP contribution in [0, 0.1) is 11.6 Å². The molecule has 1 N–H and O–H groups in total. The quantitative estimate of drug-likeness (QED) is 0.840. The van der Waals surface area contributed by atoms with E-state index in [9.17, 15) is 22.0 Å². The Balaban J connectivity index is 1.53. The first-order chi connectivity index (χ1) is 12.9. The number of sulfonamides is 1. The number of halogens is 2. The van der Waals surface area contributed by atoms with Crippen molar-refractivity contribution in [2.24, 2.45) is 0 Å². The molecular weight excluding hydrogens is 376 g/mol. The molecule has 3 rings (SSSR count). The third-order valence-corrected chi connectivity index (χ3v) is 6.20. The number of anilines is 1. The first-order valence-corrected chi connectivity index (χ1v) is 9.83. The lowest BCUT2D eigenvalue weighted by Gasteiger charge is -2.33. The van der Waals surface area contributed by atoms with Gasteiger partial charge in [0.1, 0.15) is 0 Å². The second-order valence-electron chi connectivity index (χ2n) is 6.17. The van der Waals surface area contributed by atoms with Gasteiger partial charge < -0.3 is 5.32 Å². The number of nitrogens with zero attached hydrogens (tertiary/aromatic N) is 2. The summed E-state index contributed by atoms with van der Waals surface area (Å²) in [4.78, 5) is 14.1. The van der Waals surface area contributed by atoms with Gasteiger partial charge in [0.15, 0.2) is 11.6 Å². The number of amides is 1. The van der Waals surface area contributed by atoms with Gasteiger partial charge in [-0.3, -0.25) is 9.69 Å². The molecule has 1 saturated heterocycles. The van der Waals surface area contributed by atoms with Crippen LogP contribution in [0.1, 0.15) is 0 Å². The molecule has 2 aromatic rings. The van der Waals surface area contributed by atoms with E-state index in [1.165, 1.54) is 10.4 Å². The number of hydrogen-bond donors (Lipinski definition) is 1. The number of carbonyl (C=O) groups excluding carboxylic acids is 1. The average molecular weight is 395 g/mol. The molecule has 0 unspecified atom stereocenters. The Morgan fingerprint density at radius 3 is 2.26 bits per heavy atom. The van der Waals surface area contributed by atoms with Crippen molar-refractivity contribution in [1.82, 2.24) is 9.21 Å². The normalized spacial score (nSPS) is 16.2. The van der Waals surface area contributed by atoms with Gasteiger partial charge in [-0.1, -0.05) is 18.2 Å². The van der Waals surface area contributed by atoms with Gasteiger partial charge >= 0.3 is 0 Å². The van der Waals surface area contributed by atoms with E-state index in [-0.39, 0.29) is 36.1 Å². The van der Waals surface area contributed by atoms with Crippen LogP contribution in [-0.2, 0) is 14.8 Å². The second kappa shape index (κ2) is 8.12. The minimum Gasteiger partial charge on any atom is -0.325 e. The lowest BCUT2D eigenvalue weighted by atomic mass is 10.3. The van der Waals surface area contributed by atoms with E-state index >= 15 is 0 Å². The second-order valence-corrected chi connectivity index (χ2v) is 8.11. The molecule has 144 valence electrons. The molecule has 1 heterocycles. The third-order valence-electron chi connectivity index (χ3n) is 4.28. The molecule has 0 atom stereocenters. The minimum atomic E-state index is -3.54. The van der Waals surface area contributed by atoms with Gasteiger partial charge in [0, 0.05) is 37.9 Å². The Labute approximate surface area is 156 Å². The van der Waals surface area contributed by atoms with Gasteiger partial charge in [0.25, 0.3) is 0 Å². The highest BCUT2D eigenvalue weighted by Crippen LogP contribution is 2.17. The summed E-state index contributed by atoms with van der Waals surface area (Å²) in [5.74, 6) is -2.39. The van der Waals surface area contributed by atoms with Crippen LogP contribution in [0.5, 0.6) is 0 Å². The Bertz CT molecular complexity index is 915. The van der Waals surface area contributed by atoms with Crippen molar-refractivity contribution in [1.29, 1.82) is 0 Å². The monoisotopic (exact) mass is 395 g/mol. The molecule has 9 heteroatoms. The van der Waals surface area contributed by atoms with E-state index in [1.54, 1.807) is 30.3 Å². The molecule has 1 aliphatic heterocycles. The summed E-state index contributed by atoms with van der Waals surface area (Å²) in [7, 11) is -3.54. The molecule has 0 aromatic heterocycles. The number of piperazine rings is 1. The highest BCUT2D eigenvalue weighted by atomic mass is 32.2. The summed E-state index contributed by atoms with van der Waals surface area (Å²) in [5.41, 5.74) is 0.171. The van der Waals surface area contributed by atoms with Crippen molar-refractivity contribution < 1.29 is 22.0 Å². The van der Waals surface area contributed by atoms with Crippen molar-refractivity contribution in [2.75, 3.05) is 38.0 Å². The van der Waals surface area contributed by atoms with Crippen LogP contribution in [0.4, 0.5) is 14.5 Å². The summed E-state index contributed by atoms with van der Waals surface area (Å²) in [6.45, 7) is 1.39. The molecule has 0 radical (unpaired) electrons. The Morgan fingerprint density at radius 1 is 0.963 bits per heavy atom. The number of carbonyl (C=O) groups is 1. The molecule has 0 saturated carbocycles. The summed E-state index contributed by atoms with van der Waals surface area (Å²) >= 11 is 0. The van der Waals surface area contributed by atoms with Crippen molar-refractivity contribution in [2.45, 2.75) is 4.90 Å². The summed E-state index contributed by atoms with van der Waals surface area (Å²) in [5, 5.41) is 2.51. The van der Waals surface area contributed by atoms with E-state index in [0.29, 0.717) is 13.1 Å². The number of nitrogens with one attached hydrogen (secondary N) is 1. The van der Waals surface area contributed by atoms with Gasteiger partial charge in [-0.15, -0.1) is 0 Å². The maximum absolute atomic E-state index is 13.2. The SMILES string of the molecule is O=C(CN1CCN(S(=O)(=O)c2ccccc2)CC1)Nc1ccc(F)c(F)c1. The molecular formula is C18H19F2N3O3S. The zero-order chi connectivity index (χ0) is 19.4. The van der Waals surface area contributed by atoms with Crippen molar-refractivity contribution >= 4 is 21.6 Å². The average Bonchev–Trinajstić information content (AvgIpc) is 2.66. The lowest BCUT2D eigenvalue weighted by molar-refractivity contribution is -0.117. The molecule has 0 aliphatic carbocycles. The largest absolute Gasteiger partial charge is 0.325 e. The van der Waals surface area contributed by atoms with Gasteiger partial charge in [0.05, 0.1) is 11.4 Å². The predicted molar refractivity (Wildman–Crippen MR) is 96.6 cm³/mol. The van der Waals surface area contributed by atoms with Gasteiger partial charge in [0.2, 0.25) is 15.9 Å². The molecule has 6 nitrogen and oxygen atoms in total. The fourth-order valence-electron chi connectivity index (χ4n) is 2.85. The molecule has 1 aliphatic rings. The predicted octanol–water partition coefficient (Wildman–Crippen LogP) is 1.91. The Morgan fingerprint density at radius 2 is 1.63 bits per heavy atom. The molecule has 27 heavy (non-hydrogen) atoms.